The topological polar surface area (TPSA) is 55.0 Å². The Bertz CT molecular complexity index is 332. The first-order valence-corrected chi connectivity index (χ1v) is 4.71. The molecule has 0 saturated carbocycles. The molecular formula is C9H15ClN4. The Balaban J connectivity index is 3.14. The van der Waals surface area contributed by atoms with E-state index < -0.39 is 0 Å². The number of anilines is 2. The quantitative estimate of drug-likeness (QED) is 0.726. The lowest BCUT2D eigenvalue weighted by Gasteiger charge is -2.33. The highest BCUT2D eigenvalue weighted by atomic mass is 35.5. The fraction of sp³-hybridized carbons (Fsp3) is 0.556. The van der Waals surface area contributed by atoms with Crippen LogP contribution in [0.3, 0.4) is 0 Å². The van der Waals surface area contributed by atoms with Crippen molar-refractivity contribution < 1.29 is 0 Å². The molecule has 2 N–H and O–H groups in total. The molecule has 14 heavy (non-hydrogen) atoms. The highest BCUT2D eigenvalue weighted by molar-refractivity contribution is 6.32. The van der Waals surface area contributed by atoms with Gasteiger partial charge in [-0.25, -0.2) is 9.97 Å². The first kappa shape index (κ1) is 11.0. The zero-order valence-corrected chi connectivity index (χ0v) is 9.63. The lowest BCUT2D eigenvalue weighted by atomic mass is 10.1. The fourth-order valence-electron chi connectivity index (χ4n) is 0.951. The van der Waals surface area contributed by atoms with Gasteiger partial charge in [0, 0.05) is 12.6 Å². The van der Waals surface area contributed by atoms with Crippen LogP contribution in [0.4, 0.5) is 11.5 Å². The van der Waals surface area contributed by atoms with Gasteiger partial charge in [0.15, 0.2) is 11.0 Å². The number of halogens is 1. The molecule has 0 aromatic carbocycles. The first-order valence-electron chi connectivity index (χ1n) is 4.34. The van der Waals surface area contributed by atoms with Crippen LogP contribution in [0.1, 0.15) is 20.8 Å². The minimum Gasteiger partial charge on any atom is -0.393 e. The van der Waals surface area contributed by atoms with E-state index in [0.29, 0.717) is 16.7 Å². The standard InChI is InChI=1S/C9H15ClN4/c1-9(2,3)14(4)8-6(11)7(10)12-5-13-8/h5H,11H2,1-4H3. The van der Waals surface area contributed by atoms with Crippen molar-refractivity contribution in [3.8, 4) is 0 Å². The highest BCUT2D eigenvalue weighted by Gasteiger charge is 2.21. The predicted molar refractivity (Wildman–Crippen MR) is 59.6 cm³/mol. The Morgan fingerprint density at radius 3 is 2.43 bits per heavy atom. The second-order valence-electron chi connectivity index (χ2n) is 4.13. The monoisotopic (exact) mass is 214 g/mol. The molecule has 1 rings (SSSR count). The van der Waals surface area contributed by atoms with Crippen LogP contribution in [-0.4, -0.2) is 22.6 Å². The van der Waals surface area contributed by atoms with Crippen molar-refractivity contribution in [2.24, 2.45) is 0 Å². The molecule has 0 unspecified atom stereocenters. The first-order chi connectivity index (χ1) is 6.34. The molecule has 1 aromatic rings. The van der Waals surface area contributed by atoms with Crippen LogP contribution < -0.4 is 10.6 Å². The molecule has 0 aliphatic carbocycles. The number of hydrogen-bond acceptors (Lipinski definition) is 4. The van der Waals surface area contributed by atoms with Crippen molar-refractivity contribution in [2.75, 3.05) is 17.7 Å². The molecule has 5 heteroatoms. The lowest BCUT2D eigenvalue weighted by molar-refractivity contribution is 0.534. The van der Waals surface area contributed by atoms with E-state index >= 15 is 0 Å². The number of nitrogens with zero attached hydrogens (tertiary/aromatic N) is 3. The third kappa shape index (κ3) is 2.07. The van der Waals surface area contributed by atoms with E-state index in [9.17, 15) is 0 Å². The molecule has 0 spiro atoms. The molecule has 0 aliphatic rings. The zero-order chi connectivity index (χ0) is 10.9. The Labute approximate surface area is 89.1 Å². The number of rotatable bonds is 1. The summed E-state index contributed by atoms with van der Waals surface area (Å²) < 4.78 is 0. The Kier molecular flexibility index (Phi) is 2.85. The summed E-state index contributed by atoms with van der Waals surface area (Å²) in [6.45, 7) is 6.22. The van der Waals surface area contributed by atoms with Crippen molar-refractivity contribution >= 4 is 23.1 Å². The van der Waals surface area contributed by atoms with E-state index in [0.717, 1.165) is 0 Å². The van der Waals surface area contributed by atoms with Crippen LogP contribution in [0.15, 0.2) is 6.33 Å². The maximum Gasteiger partial charge on any atom is 0.157 e. The van der Waals surface area contributed by atoms with Crippen molar-refractivity contribution in [2.45, 2.75) is 26.3 Å². The molecule has 0 atom stereocenters. The summed E-state index contributed by atoms with van der Waals surface area (Å²) >= 11 is 5.81. The summed E-state index contributed by atoms with van der Waals surface area (Å²) in [5, 5.41) is 0.297. The number of aromatic nitrogens is 2. The summed E-state index contributed by atoms with van der Waals surface area (Å²) in [4.78, 5) is 9.89. The van der Waals surface area contributed by atoms with Gasteiger partial charge in [-0.3, -0.25) is 0 Å². The maximum atomic E-state index is 5.81. The van der Waals surface area contributed by atoms with Crippen molar-refractivity contribution in [3.63, 3.8) is 0 Å². The predicted octanol–water partition coefficient (Wildman–Crippen LogP) is 1.95. The smallest absolute Gasteiger partial charge is 0.157 e. The van der Waals surface area contributed by atoms with Crippen LogP contribution in [-0.2, 0) is 0 Å². The van der Waals surface area contributed by atoms with Gasteiger partial charge >= 0.3 is 0 Å². The van der Waals surface area contributed by atoms with E-state index in [2.05, 4.69) is 30.7 Å². The molecule has 0 saturated heterocycles. The second-order valence-corrected chi connectivity index (χ2v) is 4.49. The van der Waals surface area contributed by atoms with Gasteiger partial charge in [-0.2, -0.15) is 0 Å². The van der Waals surface area contributed by atoms with Gasteiger partial charge in [0.2, 0.25) is 0 Å². The van der Waals surface area contributed by atoms with Crippen molar-refractivity contribution in [1.82, 2.24) is 9.97 Å². The average molecular weight is 215 g/mol. The van der Waals surface area contributed by atoms with Crippen molar-refractivity contribution in [3.05, 3.63) is 11.5 Å². The SMILES string of the molecule is CN(c1ncnc(Cl)c1N)C(C)(C)C. The van der Waals surface area contributed by atoms with Crippen LogP contribution in [0, 0.1) is 0 Å². The second kappa shape index (κ2) is 3.61. The molecular weight excluding hydrogens is 200 g/mol. The largest absolute Gasteiger partial charge is 0.393 e. The number of hydrogen-bond donors (Lipinski definition) is 1. The molecule has 0 fully saturated rings. The molecule has 0 bridgehead atoms. The summed E-state index contributed by atoms with van der Waals surface area (Å²) in [6.07, 6.45) is 1.41. The number of nitrogens with two attached hydrogens (primary N) is 1. The summed E-state index contributed by atoms with van der Waals surface area (Å²) in [5.41, 5.74) is 6.15. The molecule has 0 aliphatic heterocycles. The molecule has 4 nitrogen and oxygen atoms in total. The van der Waals surface area contributed by atoms with Crippen LogP contribution in [0.25, 0.3) is 0 Å². The molecule has 0 radical (unpaired) electrons. The van der Waals surface area contributed by atoms with E-state index in [1.807, 2.05) is 11.9 Å². The highest BCUT2D eigenvalue weighted by Crippen LogP contribution is 2.28. The van der Waals surface area contributed by atoms with Gasteiger partial charge < -0.3 is 10.6 Å². The van der Waals surface area contributed by atoms with Gasteiger partial charge in [-0.15, -0.1) is 0 Å². The Hall–Kier alpha value is -1.03. The van der Waals surface area contributed by atoms with Crippen LogP contribution >= 0.6 is 11.6 Å². The van der Waals surface area contributed by atoms with E-state index in [4.69, 9.17) is 17.3 Å². The Morgan fingerprint density at radius 2 is 1.93 bits per heavy atom. The minimum absolute atomic E-state index is 0.0498. The Morgan fingerprint density at radius 1 is 1.36 bits per heavy atom. The van der Waals surface area contributed by atoms with Crippen LogP contribution in [0.2, 0.25) is 5.15 Å². The summed E-state index contributed by atoms with van der Waals surface area (Å²) in [5.74, 6) is 0.664. The lowest BCUT2D eigenvalue weighted by Crippen LogP contribution is -2.39. The van der Waals surface area contributed by atoms with E-state index in [1.165, 1.54) is 6.33 Å². The third-order valence-electron chi connectivity index (χ3n) is 2.14. The van der Waals surface area contributed by atoms with Gasteiger partial charge in [0.1, 0.15) is 12.0 Å². The molecule has 0 amide bonds. The minimum atomic E-state index is -0.0498. The number of nitrogen functional groups attached to an aromatic ring is 1. The van der Waals surface area contributed by atoms with Crippen molar-refractivity contribution in [1.29, 1.82) is 0 Å². The molecule has 78 valence electrons. The fourth-order valence-corrected chi connectivity index (χ4v) is 1.08. The average Bonchev–Trinajstić information content (AvgIpc) is 2.07. The summed E-state index contributed by atoms with van der Waals surface area (Å²) in [6, 6.07) is 0. The zero-order valence-electron chi connectivity index (χ0n) is 8.87. The third-order valence-corrected chi connectivity index (χ3v) is 2.44. The normalized spacial score (nSPS) is 11.5. The van der Waals surface area contributed by atoms with E-state index in [-0.39, 0.29) is 5.54 Å². The maximum absolute atomic E-state index is 5.81. The van der Waals surface area contributed by atoms with E-state index in [1.54, 1.807) is 0 Å². The summed E-state index contributed by atoms with van der Waals surface area (Å²) in [7, 11) is 1.93. The van der Waals surface area contributed by atoms with Gasteiger partial charge in [0.25, 0.3) is 0 Å². The van der Waals surface area contributed by atoms with Gasteiger partial charge in [-0.05, 0) is 20.8 Å². The molecule has 1 heterocycles. The van der Waals surface area contributed by atoms with Crippen LogP contribution in [0.5, 0.6) is 0 Å². The van der Waals surface area contributed by atoms with Gasteiger partial charge in [-0.1, -0.05) is 11.6 Å². The van der Waals surface area contributed by atoms with Gasteiger partial charge in [0.05, 0.1) is 0 Å². The molecule has 1 aromatic heterocycles.